The van der Waals surface area contributed by atoms with Crippen LogP contribution in [0.1, 0.15) is 11.5 Å². The third-order valence-corrected chi connectivity index (χ3v) is 3.05. The predicted molar refractivity (Wildman–Crippen MR) is 67.3 cm³/mol. The minimum absolute atomic E-state index is 0.671. The SMILES string of the molecule is Cc1cc(Cn2ccc3cccc(Cl)c32)no1. The molecule has 0 radical (unpaired) electrons. The summed E-state index contributed by atoms with van der Waals surface area (Å²) in [4.78, 5) is 0. The Morgan fingerprint density at radius 2 is 2.24 bits per heavy atom. The van der Waals surface area contributed by atoms with Gasteiger partial charge in [-0.25, -0.2) is 0 Å². The molecule has 0 aliphatic carbocycles. The average Bonchev–Trinajstić information content (AvgIpc) is 2.88. The summed E-state index contributed by atoms with van der Waals surface area (Å²) in [5.74, 6) is 0.822. The largest absolute Gasteiger partial charge is 0.361 e. The Hall–Kier alpha value is -1.74. The summed E-state index contributed by atoms with van der Waals surface area (Å²) in [5, 5.41) is 5.88. The number of benzene rings is 1. The van der Waals surface area contributed by atoms with E-state index >= 15 is 0 Å². The van der Waals surface area contributed by atoms with E-state index in [2.05, 4.69) is 9.72 Å². The van der Waals surface area contributed by atoms with Gasteiger partial charge in [0, 0.05) is 17.6 Å². The summed E-state index contributed by atoms with van der Waals surface area (Å²) in [6.45, 7) is 2.56. The van der Waals surface area contributed by atoms with E-state index in [1.807, 2.05) is 43.5 Å². The lowest BCUT2D eigenvalue weighted by Crippen LogP contribution is -1.98. The molecule has 0 bridgehead atoms. The Bertz CT molecular complexity index is 669. The molecular weight excluding hydrogens is 236 g/mol. The number of hydrogen-bond donors (Lipinski definition) is 0. The fraction of sp³-hybridized carbons (Fsp3) is 0.154. The topological polar surface area (TPSA) is 31.0 Å². The molecule has 0 spiro atoms. The van der Waals surface area contributed by atoms with Crippen molar-refractivity contribution < 1.29 is 4.52 Å². The van der Waals surface area contributed by atoms with E-state index in [4.69, 9.17) is 16.1 Å². The highest BCUT2D eigenvalue weighted by molar-refractivity contribution is 6.35. The highest BCUT2D eigenvalue weighted by Crippen LogP contribution is 2.25. The van der Waals surface area contributed by atoms with Crippen LogP contribution in [0.25, 0.3) is 10.9 Å². The molecule has 0 unspecified atom stereocenters. The second-order valence-corrected chi connectivity index (χ2v) is 4.46. The van der Waals surface area contributed by atoms with Crippen LogP contribution in [0.3, 0.4) is 0 Å². The molecular formula is C13H11ClN2O. The monoisotopic (exact) mass is 246 g/mol. The lowest BCUT2D eigenvalue weighted by Gasteiger charge is -2.03. The van der Waals surface area contributed by atoms with Crippen molar-refractivity contribution in [3.05, 3.63) is 53.0 Å². The van der Waals surface area contributed by atoms with Crippen LogP contribution in [-0.4, -0.2) is 9.72 Å². The van der Waals surface area contributed by atoms with Gasteiger partial charge in [0.1, 0.15) is 11.5 Å². The van der Waals surface area contributed by atoms with Crippen LogP contribution in [0, 0.1) is 6.92 Å². The van der Waals surface area contributed by atoms with Crippen LogP contribution >= 0.6 is 11.6 Å². The smallest absolute Gasteiger partial charge is 0.133 e. The first-order valence-electron chi connectivity index (χ1n) is 5.39. The maximum atomic E-state index is 6.21. The second-order valence-electron chi connectivity index (χ2n) is 4.05. The van der Waals surface area contributed by atoms with Crippen molar-refractivity contribution >= 4 is 22.5 Å². The summed E-state index contributed by atoms with van der Waals surface area (Å²) < 4.78 is 7.14. The van der Waals surface area contributed by atoms with E-state index in [0.717, 1.165) is 27.4 Å². The molecule has 2 aromatic heterocycles. The van der Waals surface area contributed by atoms with Crippen LogP contribution in [0.4, 0.5) is 0 Å². The molecule has 1 aromatic carbocycles. The van der Waals surface area contributed by atoms with Crippen molar-refractivity contribution in [2.45, 2.75) is 13.5 Å². The van der Waals surface area contributed by atoms with Gasteiger partial charge < -0.3 is 9.09 Å². The van der Waals surface area contributed by atoms with Gasteiger partial charge in [-0.3, -0.25) is 0 Å². The second kappa shape index (κ2) is 3.93. The Labute approximate surface area is 104 Å². The van der Waals surface area contributed by atoms with Crippen LogP contribution in [0.2, 0.25) is 5.02 Å². The van der Waals surface area contributed by atoms with E-state index in [-0.39, 0.29) is 0 Å². The summed E-state index contributed by atoms with van der Waals surface area (Å²) in [7, 11) is 0. The van der Waals surface area contributed by atoms with Gasteiger partial charge in [-0.1, -0.05) is 28.9 Å². The normalized spacial score (nSPS) is 11.2. The molecule has 0 amide bonds. The van der Waals surface area contributed by atoms with Gasteiger partial charge in [-0.2, -0.15) is 0 Å². The van der Waals surface area contributed by atoms with Crippen LogP contribution in [-0.2, 0) is 6.54 Å². The summed E-state index contributed by atoms with van der Waals surface area (Å²) >= 11 is 6.21. The van der Waals surface area contributed by atoms with Gasteiger partial charge in [0.15, 0.2) is 0 Å². The van der Waals surface area contributed by atoms with Gasteiger partial charge in [0.25, 0.3) is 0 Å². The minimum Gasteiger partial charge on any atom is -0.361 e. The van der Waals surface area contributed by atoms with Gasteiger partial charge >= 0.3 is 0 Å². The average molecular weight is 247 g/mol. The van der Waals surface area contributed by atoms with Crippen molar-refractivity contribution in [1.29, 1.82) is 0 Å². The zero-order chi connectivity index (χ0) is 11.8. The summed E-state index contributed by atoms with van der Waals surface area (Å²) in [5.41, 5.74) is 1.94. The maximum Gasteiger partial charge on any atom is 0.133 e. The molecule has 0 fully saturated rings. The number of para-hydroxylation sites is 1. The molecule has 2 heterocycles. The number of aromatic nitrogens is 2. The van der Waals surface area contributed by atoms with Crippen LogP contribution in [0.5, 0.6) is 0 Å². The molecule has 0 atom stereocenters. The molecule has 3 nitrogen and oxygen atoms in total. The number of halogens is 1. The molecule has 0 N–H and O–H groups in total. The predicted octanol–water partition coefficient (Wildman–Crippen LogP) is 3.64. The number of hydrogen-bond acceptors (Lipinski definition) is 2. The van der Waals surface area contributed by atoms with E-state index < -0.39 is 0 Å². The summed E-state index contributed by atoms with van der Waals surface area (Å²) in [6, 6.07) is 9.88. The first-order valence-corrected chi connectivity index (χ1v) is 5.77. The van der Waals surface area contributed by atoms with E-state index in [0.29, 0.717) is 6.54 Å². The Balaban J connectivity index is 2.06. The number of fused-ring (bicyclic) bond motifs is 1. The van der Waals surface area contributed by atoms with Crippen molar-refractivity contribution in [1.82, 2.24) is 9.72 Å². The highest BCUT2D eigenvalue weighted by atomic mass is 35.5. The maximum absolute atomic E-state index is 6.21. The highest BCUT2D eigenvalue weighted by Gasteiger charge is 2.07. The zero-order valence-corrected chi connectivity index (χ0v) is 10.1. The molecule has 0 aliphatic heterocycles. The van der Waals surface area contributed by atoms with Gasteiger partial charge in [0.2, 0.25) is 0 Å². The fourth-order valence-electron chi connectivity index (χ4n) is 2.01. The molecule has 4 heteroatoms. The molecule has 17 heavy (non-hydrogen) atoms. The Kier molecular flexibility index (Phi) is 2.41. The molecule has 3 aromatic rings. The standard InChI is InChI=1S/C13H11ClN2O/c1-9-7-11(15-17-9)8-16-6-5-10-3-2-4-12(14)13(10)16/h2-7H,8H2,1H3. The van der Waals surface area contributed by atoms with Crippen molar-refractivity contribution in [3.63, 3.8) is 0 Å². The van der Waals surface area contributed by atoms with E-state index in [9.17, 15) is 0 Å². The zero-order valence-electron chi connectivity index (χ0n) is 9.35. The quantitative estimate of drug-likeness (QED) is 0.691. The number of nitrogens with zero attached hydrogens (tertiary/aromatic N) is 2. The van der Waals surface area contributed by atoms with Crippen molar-refractivity contribution in [2.75, 3.05) is 0 Å². The lowest BCUT2D eigenvalue weighted by molar-refractivity contribution is 0.389. The molecule has 3 rings (SSSR count). The molecule has 86 valence electrons. The first-order chi connectivity index (χ1) is 8.24. The van der Waals surface area contributed by atoms with Crippen LogP contribution < -0.4 is 0 Å². The first kappa shape index (κ1) is 10.4. The van der Waals surface area contributed by atoms with Gasteiger partial charge in [-0.15, -0.1) is 0 Å². The minimum atomic E-state index is 0.671. The Morgan fingerprint density at radius 3 is 3.00 bits per heavy atom. The molecule has 0 saturated carbocycles. The lowest BCUT2D eigenvalue weighted by atomic mass is 10.2. The van der Waals surface area contributed by atoms with Crippen molar-refractivity contribution in [2.24, 2.45) is 0 Å². The number of aryl methyl sites for hydroxylation is 1. The Morgan fingerprint density at radius 1 is 1.35 bits per heavy atom. The van der Waals surface area contributed by atoms with Crippen LogP contribution in [0.15, 0.2) is 41.1 Å². The van der Waals surface area contributed by atoms with Gasteiger partial charge in [0.05, 0.1) is 17.1 Å². The number of rotatable bonds is 2. The van der Waals surface area contributed by atoms with E-state index in [1.165, 1.54) is 0 Å². The summed E-state index contributed by atoms with van der Waals surface area (Å²) in [6.07, 6.45) is 2.01. The molecule has 0 aliphatic rings. The molecule has 0 saturated heterocycles. The third-order valence-electron chi connectivity index (χ3n) is 2.75. The van der Waals surface area contributed by atoms with Crippen molar-refractivity contribution in [3.8, 4) is 0 Å². The fourth-order valence-corrected chi connectivity index (χ4v) is 2.30. The van der Waals surface area contributed by atoms with Gasteiger partial charge in [-0.05, 0) is 19.1 Å². The van der Waals surface area contributed by atoms with E-state index in [1.54, 1.807) is 0 Å². The third kappa shape index (κ3) is 1.83.